The number of sulfone groups is 1. The first-order valence-corrected chi connectivity index (χ1v) is 11.8. The van der Waals surface area contributed by atoms with Gasteiger partial charge in [0, 0.05) is 23.5 Å². The lowest BCUT2D eigenvalue weighted by molar-refractivity contribution is 0.0725. The van der Waals surface area contributed by atoms with Crippen molar-refractivity contribution in [3.63, 3.8) is 0 Å². The van der Waals surface area contributed by atoms with Crippen LogP contribution in [0.15, 0.2) is 70.9 Å². The molecule has 7 heteroatoms. The molecule has 0 saturated carbocycles. The number of thiophene rings is 1. The number of likely N-dealkylation sites (tertiary alicyclic amines) is 1. The van der Waals surface area contributed by atoms with Crippen LogP contribution < -0.4 is 0 Å². The van der Waals surface area contributed by atoms with Crippen molar-refractivity contribution in [3.05, 3.63) is 77.4 Å². The van der Waals surface area contributed by atoms with Gasteiger partial charge in [-0.15, -0.1) is 11.3 Å². The number of carbonyl (C=O) groups is 1. The van der Waals surface area contributed by atoms with Gasteiger partial charge in [-0.2, -0.15) is 0 Å². The lowest BCUT2D eigenvalue weighted by Crippen LogP contribution is -2.42. The van der Waals surface area contributed by atoms with Crippen LogP contribution in [0.1, 0.15) is 23.2 Å². The summed E-state index contributed by atoms with van der Waals surface area (Å²) >= 11 is 1.65. The first kappa shape index (κ1) is 19.8. The van der Waals surface area contributed by atoms with Gasteiger partial charge in [-0.3, -0.25) is 4.79 Å². The van der Waals surface area contributed by atoms with Crippen molar-refractivity contribution in [1.82, 2.24) is 4.90 Å². The monoisotopic (exact) mass is 429 g/mol. The van der Waals surface area contributed by atoms with Crippen molar-refractivity contribution in [2.24, 2.45) is 0 Å². The number of hydrogen-bond acceptors (Lipinski definition) is 4. The van der Waals surface area contributed by atoms with E-state index < -0.39 is 20.9 Å². The van der Waals surface area contributed by atoms with Crippen molar-refractivity contribution in [3.8, 4) is 10.4 Å². The highest BCUT2D eigenvalue weighted by atomic mass is 32.2. The molecule has 0 spiro atoms. The second-order valence-corrected chi connectivity index (χ2v) is 10.2. The summed E-state index contributed by atoms with van der Waals surface area (Å²) in [6, 6.07) is 16.5. The van der Waals surface area contributed by atoms with Gasteiger partial charge in [-0.25, -0.2) is 12.8 Å². The number of carbonyl (C=O) groups excluding carboxylic acids is 1. The van der Waals surface area contributed by atoms with Crippen LogP contribution in [0, 0.1) is 5.82 Å². The maximum atomic E-state index is 13.1. The van der Waals surface area contributed by atoms with Gasteiger partial charge < -0.3 is 4.90 Å². The molecule has 1 saturated heterocycles. The maximum absolute atomic E-state index is 13.1. The fourth-order valence-corrected chi connectivity index (χ4v) is 6.05. The topological polar surface area (TPSA) is 54.5 Å². The Kier molecular flexibility index (Phi) is 5.52. The standard InChI is InChI=1S/C22H20FNO3S2/c23-18-7-9-19(10-8-18)29(26,27)20-11-13-24(14-12-20)22(25)17-5-3-16(4-6-17)21-2-1-15-28-21/h1-10,15,20H,11-14H2. The Labute approximate surface area is 173 Å². The van der Waals surface area contributed by atoms with E-state index in [0.29, 0.717) is 31.5 Å². The summed E-state index contributed by atoms with van der Waals surface area (Å²) in [5.74, 6) is -0.546. The number of hydrogen-bond donors (Lipinski definition) is 0. The van der Waals surface area contributed by atoms with Crippen LogP contribution in [-0.4, -0.2) is 37.6 Å². The SMILES string of the molecule is O=C(c1ccc(-c2cccs2)cc1)N1CCC(S(=O)(=O)c2ccc(F)cc2)CC1. The number of rotatable bonds is 4. The van der Waals surface area contributed by atoms with Crippen molar-refractivity contribution in [2.45, 2.75) is 23.0 Å². The predicted molar refractivity (Wildman–Crippen MR) is 112 cm³/mol. The first-order chi connectivity index (χ1) is 13.9. The summed E-state index contributed by atoms with van der Waals surface area (Å²) in [6.07, 6.45) is 0.747. The lowest BCUT2D eigenvalue weighted by Gasteiger charge is -2.31. The van der Waals surface area contributed by atoms with Gasteiger partial charge in [0.15, 0.2) is 9.84 Å². The maximum Gasteiger partial charge on any atom is 0.253 e. The number of amides is 1. The Balaban J connectivity index is 1.41. The van der Waals surface area contributed by atoms with Gasteiger partial charge in [0.1, 0.15) is 5.82 Å². The molecule has 0 radical (unpaired) electrons. The second kappa shape index (κ2) is 8.08. The zero-order valence-electron chi connectivity index (χ0n) is 15.6. The normalized spacial score (nSPS) is 15.4. The highest BCUT2D eigenvalue weighted by Crippen LogP contribution is 2.27. The van der Waals surface area contributed by atoms with Crippen LogP contribution in [0.25, 0.3) is 10.4 Å². The summed E-state index contributed by atoms with van der Waals surface area (Å²) in [5, 5.41) is 1.46. The van der Waals surface area contributed by atoms with E-state index in [-0.39, 0.29) is 10.8 Å². The summed E-state index contributed by atoms with van der Waals surface area (Å²) < 4.78 is 38.6. The average Bonchev–Trinajstić information content (AvgIpc) is 3.29. The molecule has 1 aromatic heterocycles. The molecular formula is C22H20FNO3S2. The highest BCUT2D eigenvalue weighted by molar-refractivity contribution is 7.92. The summed E-state index contributed by atoms with van der Waals surface area (Å²) in [4.78, 5) is 15.8. The van der Waals surface area contributed by atoms with Crippen LogP contribution in [0.2, 0.25) is 0 Å². The van der Waals surface area contributed by atoms with Crippen molar-refractivity contribution in [1.29, 1.82) is 0 Å². The van der Waals surface area contributed by atoms with Gasteiger partial charge in [-0.1, -0.05) is 18.2 Å². The Morgan fingerprint density at radius 2 is 1.62 bits per heavy atom. The molecule has 4 nitrogen and oxygen atoms in total. The molecule has 3 aromatic rings. The van der Waals surface area contributed by atoms with Gasteiger partial charge >= 0.3 is 0 Å². The van der Waals surface area contributed by atoms with E-state index in [1.165, 1.54) is 12.1 Å². The van der Waals surface area contributed by atoms with Crippen LogP contribution in [0.5, 0.6) is 0 Å². The molecular weight excluding hydrogens is 409 g/mol. The van der Waals surface area contributed by atoms with Gasteiger partial charge in [0.05, 0.1) is 10.1 Å². The summed E-state index contributed by atoms with van der Waals surface area (Å²) in [7, 11) is -3.53. The highest BCUT2D eigenvalue weighted by Gasteiger charge is 2.33. The minimum absolute atomic E-state index is 0.0830. The van der Waals surface area contributed by atoms with Crippen molar-refractivity contribution in [2.75, 3.05) is 13.1 Å². The minimum Gasteiger partial charge on any atom is -0.339 e. The molecule has 2 heterocycles. The Bertz CT molecular complexity index is 1080. The van der Waals surface area contributed by atoms with E-state index >= 15 is 0 Å². The molecule has 0 N–H and O–H groups in total. The van der Waals surface area contributed by atoms with E-state index in [9.17, 15) is 17.6 Å². The molecule has 2 aromatic carbocycles. The number of benzene rings is 2. The van der Waals surface area contributed by atoms with Gasteiger partial charge in [0.2, 0.25) is 0 Å². The van der Waals surface area contributed by atoms with Crippen LogP contribution in [-0.2, 0) is 9.84 Å². The van der Waals surface area contributed by atoms with Gasteiger partial charge in [0.25, 0.3) is 5.91 Å². The third-order valence-corrected chi connectivity index (χ3v) is 8.44. The van der Waals surface area contributed by atoms with Crippen LogP contribution >= 0.6 is 11.3 Å². The van der Waals surface area contributed by atoms with E-state index in [2.05, 4.69) is 0 Å². The third-order valence-electron chi connectivity index (χ3n) is 5.25. The van der Waals surface area contributed by atoms with E-state index in [1.807, 2.05) is 41.8 Å². The molecule has 1 aliphatic heterocycles. The molecule has 4 rings (SSSR count). The number of nitrogens with zero attached hydrogens (tertiary/aromatic N) is 1. The number of piperidine rings is 1. The minimum atomic E-state index is -3.53. The lowest BCUT2D eigenvalue weighted by atomic mass is 10.1. The summed E-state index contributed by atoms with van der Waals surface area (Å²) in [5.41, 5.74) is 1.67. The molecule has 1 amide bonds. The predicted octanol–water partition coefficient (Wildman–Crippen LogP) is 4.63. The van der Waals surface area contributed by atoms with E-state index in [0.717, 1.165) is 22.6 Å². The largest absolute Gasteiger partial charge is 0.339 e. The Morgan fingerprint density at radius 1 is 0.966 bits per heavy atom. The fourth-order valence-electron chi connectivity index (χ4n) is 3.59. The smallest absolute Gasteiger partial charge is 0.253 e. The molecule has 0 bridgehead atoms. The van der Waals surface area contributed by atoms with Crippen LogP contribution in [0.4, 0.5) is 4.39 Å². The number of halogens is 1. The van der Waals surface area contributed by atoms with Crippen LogP contribution in [0.3, 0.4) is 0 Å². The third kappa shape index (κ3) is 4.11. The first-order valence-electron chi connectivity index (χ1n) is 9.38. The molecule has 0 aliphatic carbocycles. The quantitative estimate of drug-likeness (QED) is 0.568. The molecule has 0 unspecified atom stereocenters. The zero-order chi connectivity index (χ0) is 20.4. The second-order valence-electron chi connectivity index (χ2n) is 7.05. The fraction of sp³-hybridized carbons (Fsp3) is 0.227. The average molecular weight is 430 g/mol. The van der Waals surface area contributed by atoms with Gasteiger partial charge in [-0.05, 0) is 66.2 Å². The molecule has 0 atom stereocenters. The van der Waals surface area contributed by atoms with Crippen molar-refractivity contribution >= 4 is 27.1 Å². The van der Waals surface area contributed by atoms with Crippen molar-refractivity contribution < 1.29 is 17.6 Å². The molecule has 1 aliphatic rings. The Hall–Kier alpha value is -2.51. The molecule has 1 fully saturated rings. The Morgan fingerprint density at radius 3 is 2.21 bits per heavy atom. The van der Waals surface area contributed by atoms with E-state index in [1.54, 1.807) is 16.2 Å². The summed E-state index contributed by atoms with van der Waals surface area (Å²) in [6.45, 7) is 0.771. The molecule has 150 valence electrons. The van der Waals surface area contributed by atoms with E-state index in [4.69, 9.17) is 0 Å². The zero-order valence-corrected chi connectivity index (χ0v) is 17.3. The molecule has 29 heavy (non-hydrogen) atoms.